The first-order valence-corrected chi connectivity index (χ1v) is 8.41. The van der Waals surface area contributed by atoms with Crippen LogP contribution in [0.25, 0.3) is 10.9 Å². The Morgan fingerprint density at radius 1 is 1.42 bits per heavy atom. The second-order valence-electron chi connectivity index (χ2n) is 5.84. The molecular weight excluding hydrogens is 298 g/mol. The molecule has 3 rings (SSSR count). The summed E-state index contributed by atoms with van der Waals surface area (Å²) in [6.45, 7) is 2.85. The van der Waals surface area contributed by atoms with Gasteiger partial charge in [-0.1, -0.05) is 18.9 Å². The van der Waals surface area contributed by atoms with Crippen molar-refractivity contribution in [3.05, 3.63) is 52.1 Å². The lowest BCUT2D eigenvalue weighted by Gasteiger charge is -2.17. The Kier molecular flexibility index (Phi) is 4.90. The molecule has 1 aliphatic heterocycles. The molecule has 2 aromatic rings. The molecule has 0 spiro atoms. The van der Waals surface area contributed by atoms with Crippen LogP contribution in [0, 0.1) is 11.8 Å². The maximum absolute atomic E-state index is 12.6. The number of allylic oxidation sites excluding steroid dienone is 2. The predicted molar refractivity (Wildman–Crippen MR) is 98.6 cm³/mol. The Balaban J connectivity index is 2.01. The van der Waals surface area contributed by atoms with Crippen molar-refractivity contribution in [2.45, 2.75) is 39.2 Å². The molecule has 2 heterocycles. The van der Waals surface area contributed by atoms with Gasteiger partial charge in [-0.25, -0.2) is 4.98 Å². The van der Waals surface area contributed by atoms with E-state index in [0.717, 1.165) is 54.8 Å². The molecule has 0 bridgehead atoms. The van der Waals surface area contributed by atoms with Gasteiger partial charge in [-0.05, 0) is 49.5 Å². The first kappa shape index (κ1) is 16.2. The largest absolute Gasteiger partial charge is 0.296 e. The molecule has 0 atom stereocenters. The van der Waals surface area contributed by atoms with Crippen LogP contribution in [0.15, 0.2) is 40.1 Å². The summed E-state index contributed by atoms with van der Waals surface area (Å²) in [5.74, 6) is 7.07. The molecule has 1 aliphatic rings. The van der Waals surface area contributed by atoms with Gasteiger partial charge in [0, 0.05) is 25.6 Å². The maximum atomic E-state index is 12.6. The Bertz CT molecular complexity index is 939. The molecule has 4 nitrogen and oxygen atoms in total. The SMILES string of the molecule is CC/C=C\C(C#Cc1ccc2c(=O)n3c(nc2c1)CCCC3)=NC. The number of aliphatic imine (C=N–C) groups is 1. The van der Waals surface area contributed by atoms with Crippen LogP contribution >= 0.6 is 0 Å². The first-order chi connectivity index (χ1) is 11.7. The smallest absolute Gasteiger partial charge is 0.261 e. The second kappa shape index (κ2) is 7.27. The number of nitrogens with zero attached hydrogens (tertiary/aromatic N) is 3. The Labute approximate surface area is 142 Å². The van der Waals surface area contributed by atoms with Crippen LogP contribution < -0.4 is 5.56 Å². The lowest BCUT2D eigenvalue weighted by atomic mass is 10.1. The van der Waals surface area contributed by atoms with Crippen LogP contribution in [0.1, 0.15) is 37.6 Å². The van der Waals surface area contributed by atoms with E-state index in [0.29, 0.717) is 5.39 Å². The molecule has 4 heteroatoms. The van der Waals surface area contributed by atoms with Crippen molar-refractivity contribution in [1.29, 1.82) is 0 Å². The highest BCUT2D eigenvalue weighted by Gasteiger charge is 2.14. The van der Waals surface area contributed by atoms with E-state index >= 15 is 0 Å². The quantitative estimate of drug-likeness (QED) is 0.631. The fraction of sp³-hybridized carbons (Fsp3) is 0.350. The van der Waals surface area contributed by atoms with E-state index in [2.05, 4.69) is 28.7 Å². The zero-order valence-electron chi connectivity index (χ0n) is 14.2. The Hall–Kier alpha value is -2.67. The molecule has 0 unspecified atom stereocenters. The molecule has 0 saturated heterocycles. The van der Waals surface area contributed by atoms with Crippen molar-refractivity contribution in [2.24, 2.45) is 4.99 Å². The Morgan fingerprint density at radius 2 is 2.29 bits per heavy atom. The monoisotopic (exact) mass is 319 g/mol. The van der Waals surface area contributed by atoms with E-state index in [1.165, 1.54) is 0 Å². The highest BCUT2D eigenvalue weighted by atomic mass is 16.1. The summed E-state index contributed by atoms with van der Waals surface area (Å²) in [5, 5.41) is 0.668. The summed E-state index contributed by atoms with van der Waals surface area (Å²) in [6.07, 6.45) is 7.93. The number of aryl methyl sites for hydroxylation is 1. The number of rotatable bonds is 2. The summed E-state index contributed by atoms with van der Waals surface area (Å²) in [7, 11) is 1.74. The minimum atomic E-state index is 0.0656. The molecule has 0 fully saturated rings. The fourth-order valence-corrected chi connectivity index (χ4v) is 2.86. The lowest BCUT2D eigenvalue weighted by molar-refractivity contribution is 0.501. The molecule has 0 aliphatic carbocycles. The van der Waals surface area contributed by atoms with Crippen molar-refractivity contribution < 1.29 is 0 Å². The van der Waals surface area contributed by atoms with Gasteiger partial charge in [0.05, 0.1) is 10.9 Å². The second-order valence-corrected chi connectivity index (χ2v) is 5.84. The van der Waals surface area contributed by atoms with Crippen molar-refractivity contribution in [2.75, 3.05) is 7.05 Å². The summed E-state index contributed by atoms with van der Waals surface area (Å²) < 4.78 is 1.81. The van der Waals surface area contributed by atoms with Crippen LogP contribution in [-0.4, -0.2) is 22.3 Å². The summed E-state index contributed by atoms with van der Waals surface area (Å²) in [5.41, 5.74) is 2.39. The molecular formula is C20H21N3O. The van der Waals surface area contributed by atoms with Crippen LogP contribution in [-0.2, 0) is 13.0 Å². The number of benzene rings is 1. The van der Waals surface area contributed by atoms with Gasteiger partial charge in [0.25, 0.3) is 5.56 Å². The highest BCUT2D eigenvalue weighted by molar-refractivity contribution is 6.09. The lowest BCUT2D eigenvalue weighted by Crippen LogP contribution is -2.28. The molecule has 0 radical (unpaired) electrons. The normalized spacial score (nSPS) is 14.5. The average Bonchev–Trinajstić information content (AvgIpc) is 2.62. The number of hydrogen-bond acceptors (Lipinski definition) is 3. The van der Waals surface area contributed by atoms with Gasteiger partial charge in [0.15, 0.2) is 0 Å². The summed E-state index contributed by atoms with van der Waals surface area (Å²) >= 11 is 0. The number of fused-ring (bicyclic) bond motifs is 2. The van der Waals surface area contributed by atoms with Gasteiger partial charge in [-0.2, -0.15) is 0 Å². The van der Waals surface area contributed by atoms with E-state index < -0.39 is 0 Å². The van der Waals surface area contributed by atoms with Crippen LogP contribution in [0.3, 0.4) is 0 Å². The van der Waals surface area contributed by atoms with Crippen LogP contribution in [0.4, 0.5) is 0 Å². The topological polar surface area (TPSA) is 47.2 Å². The molecule has 1 aromatic carbocycles. The van der Waals surface area contributed by atoms with Gasteiger partial charge >= 0.3 is 0 Å². The average molecular weight is 319 g/mol. The van der Waals surface area contributed by atoms with Gasteiger partial charge in [0.1, 0.15) is 11.5 Å². The van der Waals surface area contributed by atoms with E-state index in [1.807, 2.05) is 34.9 Å². The zero-order chi connectivity index (χ0) is 16.9. The minimum Gasteiger partial charge on any atom is -0.296 e. The molecule has 0 N–H and O–H groups in total. The third kappa shape index (κ3) is 3.30. The predicted octanol–water partition coefficient (Wildman–Crippen LogP) is 3.12. The number of aromatic nitrogens is 2. The minimum absolute atomic E-state index is 0.0656. The summed E-state index contributed by atoms with van der Waals surface area (Å²) in [4.78, 5) is 21.4. The standard InChI is InChI=1S/C20H21N3O/c1-3-4-7-16(21-2)11-9-15-10-12-17-18(14-15)22-19-8-5-6-13-23(19)20(17)24/h4,7,10,12,14H,3,5-6,8,13H2,1-2H3/b7-4-,21-16?. The van der Waals surface area contributed by atoms with Crippen LogP contribution in [0.2, 0.25) is 0 Å². The fourth-order valence-electron chi connectivity index (χ4n) is 2.86. The van der Waals surface area contributed by atoms with Gasteiger partial charge in [-0.3, -0.25) is 14.4 Å². The van der Waals surface area contributed by atoms with Gasteiger partial charge in [-0.15, -0.1) is 0 Å². The van der Waals surface area contributed by atoms with E-state index in [-0.39, 0.29) is 5.56 Å². The van der Waals surface area contributed by atoms with Crippen LogP contribution in [0.5, 0.6) is 0 Å². The van der Waals surface area contributed by atoms with E-state index in [4.69, 9.17) is 0 Å². The zero-order valence-corrected chi connectivity index (χ0v) is 14.2. The maximum Gasteiger partial charge on any atom is 0.261 e. The third-order valence-corrected chi connectivity index (χ3v) is 4.15. The van der Waals surface area contributed by atoms with Crippen molar-refractivity contribution >= 4 is 16.6 Å². The molecule has 1 aromatic heterocycles. The van der Waals surface area contributed by atoms with Gasteiger partial charge in [0.2, 0.25) is 0 Å². The number of hydrogen-bond donors (Lipinski definition) is 0. The molecule has 0 amide bonds. The first-order valence-electron chi connectivity index (χ1n) is 8.41. The molecule has 0 saturated carbocycles. The van der Waals surface area contributed by atoms with Gasteiger partial charge < -0.3 is 0 Å². The summed E-state index contributed by atoms with van der Waals surface area (Å²) in [6, 6.07) is 5.61. The molecule has 24 heavy (non-hydrogen) atoms. The third-order valence-electron chi connectivity index (χ3n) is 4.15. The highest BCUT2D eigenvalue weighted by Crippen LogP contribution is 2.15. The Morgan fingerprint density at radius 3 is 3.08 bits per heavy atom. The van der Waals surface area contributed by atoms with Crippen molar-refractivity contribution in [3.63, 3.8) is 0 Å². The van der Waals surface area contributed by atoms with E-state index in [9.17, 15) is 4.79 Å². The van der Waals surface area contributed by atoms with Crippen molar-refractivity contribution in [1.82, 2.24) is 9.55 Å². The van der Waals surface area contributed by atoms with Crippen molar-refractivity contribution in [3.8, 4) is 11.8 Å². The molecule has 122 valence electrons. The van der Waals surface area contributed by atoms with E-state index in [1.54, 1.807) is 7.05 Å².